The van der Waals surface area contributed by atoms with Gasteiger partial charge in [-0.1, -0.05) is 12.1 Å². The van der Waals surface area contributed by atoms with Crippen molar-refractivity contribution in [2.75, 3.05) is 51.3 Å². The molecule has 1 aromatic rings. The second kappa shape index (κ2) is 8.27. The van der Waals surface area contributed by atoms with E-state index >= 15 is 0 Å². The summed E-state index contributed by atoms with van der Waals surface area (Å²) in [5.74, 6) is 1.17. The van der Waals surface area contributed by atoms with Crippen molar-refractivity contribution in [3.05, 3.63) is 24.3 Å². The van der Waals surface area contributed by atoms with Gasteiger partial charge in [0.1, 0.15) is 5.75 Å². The summed E-state index contributed by atoms with van der Waals surface area (Å²) >= 11 is 0. The van der Waals surface area contributed by atoms with Crippen LogP contribution in [0.5, 0.6) is 5.75 Å². The predicted molar refractivity (Wildman–Crippen MR) is 102 cm³/mol. The van der Waals surface area contributed by atoms with Crippen LogP contribution >= 0.6 is 0 Å². The summed E-state index contributed by atoms with van der Waals surface area (Å²) in [6.45, 7) is 11.3. The lowest BCUT2D eigenvalue weighted by Crippen LogP contribution is -3.19. The Bertz CT molecular complexity index is 606. The maximum atomic E-state index is 13.0. The quantitative estimate of drug-likeness (QED) is 0.844. The highest BCUT2D eigenvalue weighted by Gasteiger charge is 2.35. The number of hydrogen-bond donors (Lipinski definition) is 1. The van der Waals surface area contributed by atoms with Crippen molar-refractivity contribution in [3.63, 3.8) is 0 Å². The summed E-state index contributed by atoms with van der Waals surface area (Å²) in [5, 5.41) is 0. The van der Waals surface area contributed by atoms with Crippen LogP contribution in [-0.2, 0) is 9.53 Å². The first-order chi connectivity index (χ1) is 12.5. The highest BCUT2D eigenvalue weighted by Crippen LogP contribution is 2.27. The molecule has 26 heavy (non-hydrogen) atoms. The number of ether oxygens (including phenoxy) is 2. The highest BCUT2D eigenvalue weighted by molar-refractivity contribution is 5.80. The van der Waals surface area contributed by atoms with E-state index in [9.17, 15) is 4.79 Å². The summed E-state index contributed by atoms with van der Waals surface area (Å²) in [6, 6.07) is 8.14. The zero-order valence-electron chi connectivity index (χ0n) is 16.4. The first kappa shape index (κ1) is 19.0. The van der Waals surface area contributed by atoms with Gasteiger partial charge in [0.2, 0.25) is 0 Å². The Kier molecular flexibility index (Phi) is 6.04. The smallest absolute Gasteiger partial charge is 0.280 e. The van der Waals surface area contributed by atoms with Gasteiger partial charge in [-0.25, -0.2) is 0 Å². The number of carbonyl (C=O) groups is 1. The number of nitrogens with zero attached hydrogens (tertiary/aromatic N) is 2. The Balaban J connectivity index is 1.58. The van der Waals surface area contributed by atoms with Crippen molar-refractivity contribution in [3.8, 4) is 5.75 Å². The predicted octanol–water partition coefficient (Wildman–Crippen LogP) is 0.424. The topological polar surface area (TPSA) is 46.5 Å². The number of quaternary nitrogens is 1. The van der Waals surface area contributed by atoms with Gasteiger partial charge in [0, 0.05) is 13.1 Å². The van der Waals surface area contributed by atoms with E-state index in [0.717, 1.165) is 37.6 Å². The van der Waals surface area contributed by atoms with Crippen LogP contribution in [0.25, 0.3) is 0 Å². The third-order valence-corrected chi connectivity index (χ3v) is 5.55. The molecule has 0 bridgehead atoms. The van der Waals surface area contributed by atoms with Crippen LogP contribution in [0.4, 0.5) is 5.69 Å². The number of anilines is 1. The molecule has 0 aliphatic carbocycles. The maximum absolute atomic E-state index is 13.0. The number of amides is 1. The Morgan fingerprint density at radius 2 is 1.81 bits per heavy atom. The number of methoxy groups -OCH3 is 1. The van der Waals surface area contributed by atoms with Crippen molar-refractivity contribution in [2.45, 2.75) is 39.0 Å². The van der Waals surface area contributed by atoms with Crippen LogP contribution < -0.4 is 14.5 Å². The summed E-state index contributed by atoms with van der Waals surface area (Å²) < 4.78 is 11.2. The normalized spacial score (nSPS) is 25.8. The molecule has 2 heterocycles. The van der Waals surface area contributed by atoms with E-state index in [1.807, 2.05) is 36.9 Å². The molecule has 0 unspecified atom stereocenters. The monoisotopic (exact) mass is 362 g/mol. The van der Waals surface area contributed by atoms with Gasteiger partial charge in [-0.2, -0.15) is 0 Å². The van der Waals surface area contributed by atoms with E-state index in [4.69, 9.17) is 9.47 Å². The van der Waals surface area contributed by atoms with Crippen molar-refractivity contribution in [2.24, 2.45) is 0 Å². The number of benzene rings is 1. The summed E-state index contributed by atoms with van der Waals surface area (Å²) in [7, 11) is 1.71. The first-order valence-electron chi connectivity index (χ1n) is 9.66. The maximum Gasteiger partial charge on any atom is 0.280 e. The van der Waals surface area contributed by atoms with Gasteiger partial charge >= 0.3 is 0 Å². The lowest BCUT2D eigenvalue weighted by atomic mass is 10.1. The van der Waals surface area contributed by atoms with Crippen molar-refractivity contribution < 1.29 is 19.2 Å². The van der Waals surface area contributed by atoms with Crippen LogP contribution in [0, 0.1) is 0 Å². The largest absolute Gasteiger partial charge is 0.495 e. The molecule has 3 atom stereocenters. The SMILES string of the molecule is COc1ccccc1N1CC[NH+]([C@H](C)C(=O)N2C[C@@H](C)O[C@@H](C)C2)CC1. The van der Waals surface area contributed by atoms with E-state index in [1.165, 1.54) is 4.90 Å². The minimum atomic E-state index is -0.00711. The Hall–Kier alpha value is -1.79. The minimum Gasteiger partial charge on any atom is -0.495 e. The Labute approximate surface area is 156 Å². The molecule has 1 aromatic carbocycles. The molecule has 2 aliphatic heterocycles. The lowest BCUT2D eigenvalue weighted by molar-refractivity contribution is -0.915. The van der Waals surface area contributed by atoms with E-state index in [1.54, 1.807) is 7.11 Å². The van der Waals surface area contributed by atoms with Gasteiger partial charge in [-0.05, 0) is 32.9 Å². The number of rotatable bonds is 4. The number of para-hydroxylation sites is 2. The molecule has 0 radical (unpaired) electrons. The lowest BCUT2D eigenvalue weighted by Gasteiger charge is -2.40. The van der Waals surface area contributed by atoms with E-state index in [2.05, 4.69) is 17.9 Å². The Morgan fingerprint density at radius 1 is 1.19 bits per heavy atom. The molecule has 6 heteroatoms. The average Bonchev–Trinajstić information content (AvgIpc) is 2.66. The van der Waals surface area contributed by atoms with Crippen LogP contribution in [0.3, 0.4) is 0 Å². The number of morpholine rings is 1. The molecule has 2 aliphatic rings. The molecule has 0 aromatic heterocycles. The summed E-state index contributed by atoms with van der Waals surface area (Å²) in [4.78, 5) is 18.7. The zero-order chi connectivity index (χ0) is 18.7. The van der Waals surface area contributed by atoms with E-state index in [0.29, 0.717) is 13.1 Å². The van der Waals surface area contributed by atoms with Crippen LogP contribution in [0.1, 0.15) is 20.8 Å². The fourth-order valence-electron chi connectivity index (χ4n) is 4.17. The number of hydrogen-bond acceptors (Lipinski definition) is 4. The first-order valence-corrected chi connectivity index (χ1v) is 9.66. The molecule has 2 fully saturated rings. The fraction of sp³-hybridized carbons (Fsp3) is 0.650. The number of piperazine rings is 1. The molecule has 0 saturated carbocycles. The average molecular weight is 362 g/mol. The molecular weight excluding hydrogens is 330 g/mol. The van der Waals surface area contributed by atoms with Crippen LogP contribution in [0.15, 0.2) is 24.3 Å². The second-order valence-electron chi connectivity index (χ2n) is 7.54. The molecule has 3 rings (SSSR count). The number of carbonyl (C=O) groups excluding carboxylic acids is 1. The van der Waals surface area contributed by atoms with Gasteiger partial charge < -0.3 is 24.2 Å². The van der Waals surface area contributed by atoms with Gasteiger partial charge in [0.15, 0.2) is 6.04 Å². The molecule has 0 spiro atoms. The molecule has 1 N–H and O–H groups in total. The van der Waals surface area contributed by atoms with E-state index < -0.39 is 0 Å². The van der Waals surface area contributed by atoms with Gasteiger partial charge in [-0.15, -0.1) is 0 Å². The number of nitrogens with one attached hydrogen (secondary N) is 1. The van der Waals surface area contributed by atoms with Crippen molar-refractivity contribution >= 4 is 11.6 Å². The van der Waals surface area contributed by atoms with Crippen molar-refractivity contribution in [1.29, 1.82) is 0 Å². The molecular formula is C20H32N3O3+. The third kappa shape index (κ3) is 4.13. The van der Waals surface area contributed by atoms with Crippen LogP contribution in [0.2, 0.25) is 0 Å². The second-order valence-corrected chi connectivity index (χ2v) is 7.54. The fourth-order valence-corrected chi connectivity index (χ4v) is 4.17. The summed E-state index contributed by atoms with van der Waals surface area (Å²) in [6.07, 6.45) is 0.236. The summed E-state index contributed by atoms with van der Waals surface area (Å²) in [5.41, 5.74) is 1.14. The van der Waals surface area contributed by atoms with Crippen LogP contribution in [-0.4, -0.2) is 75.4 Å². The molecule has 1 amide bonds. The van der Waals surface area contributed by atoms with Crippen molar-refractivity contribution in [1.82, 2.24) is 4.90 Å². The minimum absolute atomic E-state index is 0.00711. The van der Waals surface area contributed by atoms with Gasteiger partial charge in [0.25, 0.3) is 5.91 Å². The zero-order valence-corrected chi connectivity index (χ0v) is 16.4. The van der Waals surface area contributed by atoms with Gasteiger partial charge in [-0.3, -0.25) is 4.79 Å². The van der Waals surface area contributed by atoms with E-state index in [-0.39, 0.29) is 24.2 Å². The third-order valence-electron chi connectivity index (χ3n) is 5.55. The van der Waals surface area contributed by atoms with Gasteiger partial charge in [0.05, 0.1) is 51.2 Å². The molecule has 144 valence electrons. The standard InChI is InChI=1S/C20H31N3O3/c1-15-13-23(14-16(2)26-15)20(24)17(3)21-9-11-22(12-10-21)18-7-5-6-8-19(18)25-4/h5-8,15-17H,9-14H2,1-4H3/p+1/t15-,16+,17-/m1/s1. The molecule has 2 saturated heterocycles. The molecule has 6 nitrogen and oxygen atoms in total. The Morgan fingerprint density at radius 3 is 2.42 bits per heavy atom. The highest BCUT2D eigenvalue weighted by atomic mass is 16.5.